The van der Waals surface area contributed by atoms with E-state index in [2.05, 4.69) is 5.10 Å². The number of ether oxygens (including phenoxy) is 1. The summed E-state index contributed by atoms with van der Waals surface area (Å²) in [6, 6.07) is 1.36. The molecule has 0 N–H and O–H groups in total. The van der Waals surface area contributed by atoms with Crippen LogP contribution in [0.4, 0.5) is 0 Å². The monoisotopic (exact) mass is 155 g/mol. The molecular weight excluding hydrogens is 148 g/mol. The fourth-order valence-electron chi connectivity index (χ4n) is 0.675. The molecule has 1 heterocycles. The number of hydrogen-bond donors (Lipinski definition) is 0. The molecule has 0 bridgehead atoms. The van der Waals surface area contributed by atoms with Crippen LogP contribution < -0.4 is 5.11 Å². The highest BCUT2D eigenvalue weighted by Gasteiger charge is 1.97. The predicted octanol–water partition coefficient (Wildman–Crippen LogP) is -1.15. The zero-order valence-electron chi connectivity index (χ0n) is 5.98. The van der Waals surface area contributed by atoms with Crippen LogP contribution in [0.25, 0.3) is 0 Å². The van der Waals surface area contributed by atoms with Gasteiger partial charge in [-0.15, -0.1) is 0 Å². The molecule has 0 aliphatic rings. The standard InChI is InChI=1S/C6H8N2O3/c1-11-4-8-3-2-5(7-8)6(9)10/h2-3H,4H2,1H3,(H,9,10)/p-1. The lowest BCUT2D eigenvalue weighted by Crippen LogP contribution is -2.23. The van der Waals surface area contributed by atoms with Gasteiger partial charge in [-0.05, 0) is 6.07 Å². The van der Waals surface area contributed by atoms with Crippen molar-refractivity contribution >= 4 is 5.97 Å². The first-order valence-electron chi connectivity index (χ1n) is 2.98. The molecular formula is C6H7N2O3-. The van der Waals surface area contributed by atoms with E-state index in [0.29, 0.717) is 0 Å². The fraction of sp³-hybridized carbons (Fsp3) is 0.333. The minimum Gasteiger partial charge on any atom is -0.543 e. The number of aromatic carboxylic acids is 1. The van der Waals surface area contributed by atoms with Gasteiger partial charge in [0.25, 0.3) is 0 Å². The number of aromatic nitrogens is 2. The molecule has 0 atom stereocenters. The van der Waals surface area contributed by atoms with E-state index in [-0.39, 0.29) is 12.4 Å². The Morgan fingerprint density at radius 1 is 1.91 bits per heavy atom. The van der Waals surface area contributed by atoms with Crippen molar-refractivity contribution in [2.75, 3.05) is 7.11 Å². The fourth-order valence-corrected chi connectivity index (χ4v) is 0.675. The van der Waals surface area contributed by atoms with Gasteiger partial charge in [0.15, 0.2) is 0 Å². The van der Waals surface area contributed by atoms with Crippen molar-refractivity contribution in [2.45, 2.75) is 6.73 Å². The number of rotatable bonds is 3. The van der Waals surface area contributed by atoms with E-state index in [1.165, 1.54) is 24.1 Å². The van der Waals surface area contributed by atoms with Gasteiger partial charge in [-0.2, -0.15) is 5.10 Å². The van der Waals surface area contributed by atoms with E-state index >= 15 is 0 Å². The number of carboxylic acids is 1. The second-order valence-electron chi connectivity index (χ2n) is 1.95. The maximum absolute atomic E-state index is 10.2. The smallest absolute Gasteiger partial charge is 0.138 e. The molecule has 1 rings (SSSR count). The van der Waals surface area contributed by atoms with E-state index in [9.17, 15) is 9.90 Å². The molecule has 0 aromatic carbocycles. The second-order valence-corrected chi connectivity index (χ2v) is 1.95. The van der Waals surface area contributed by atoms with Crippen LogP contribution >= 0.6 is 0 Å². The molecule has 5 nitrogen and oxygen atoms in total. The highest BCUT2D eigenvalue weighted by Crippen LogP contribution is 1.93. The van der Waals surface area contributed by atoms with Crippen molar-refractivity contribution in [2.24, 2.45) is 0 Å². The Balaban J connectivity index is 2.73. The first-order valence-corrected chi connectivity index (χ1v) is 2.98. The highest BCUT2D eigenvalue weighted by atomic mass is 16.5. The first-order chi connectivity index (χ1) is 5.24. The van der Waals surface area contributed by atoms with Crippen LogP contribution in [-0.4, -0.2) is 22.9 Å². The van der Waals surface area contributed by atoms with Crippen LogP contribution in [0.15, 0.2) is 12.3 Å². The van der Waals surface area contributed by atoms with E-state index in [1.807, 2.05) is 0 Å². The summed E-state index contributed by atoms with van der Waals surface area (Å²) >= 11 is 0. The normalized spacial score (nSPS) is 9.91. The van der Waals surface area contributed by atoms with Crippen LogP contribution in [-0.2, 0) is 11.5 Å². The summed E-state index contributed by atoms with van der Waals surface area (Å²) in [5, 5.41) is 13.8. The predicted molar refractivity (Wildman–Crippen MR) is 33.6 cm³/mol. The van der Waals surface area contributed by atoms with Gasteiger partial charge in [-0.25, -0.2) is 4.68 Å². The molecule has 60 valence electrons. The Morgan fingerprint density at radius 3 is 3.09 bits per heavy atom. The molecule has 0 amide bonds. The molecule has 1 aromatic rings. The summed E-state index contributed by atoms with van der Waals surface area (Å²) in [5.41, 5.74) is -0.0814. The summed E-state index contributed by atoms with van der Waals surface area (Å²) in [5.74, 6) is -1.28. The molecule has 0 unspecified atom stereocenters. The molecule has 5 heteroatoms. The molecule has 1 aromatic heterocycles. The summed E-state index contributed by atoms with van der Waals surface area (Å²) in [6.45, 7) is 0.243. The highest BCUT2D eigenvalue weighted by molar-refractivity contribution is 5.83. The first kappa shape index (κ1) is 7.74. The summed E-state index contributed by atoms with van der Waals surface area (Å²) in [4.78, 5) is 10.2. The average Bonchev–Trinajstić information content (AvgIpc) is 2.37. The Labute approximate surface area is 63.2 Å². The Hall–Kier alpha value is -1.36. The summed E-state index contributed by atoms with van der Waals surface area (Å²) in [7, 11) is 1.50. The zero-order chi connectivity index (χ0) is 8.27. The molecule has 0 aliphatic carbocycles. The lowest BCUT2D eigenvalue weighted by Gasteiger charge is -1.97. The van der Waals surface area contributed by atoms with Crippen LogP contribution in [0.3, 0.4) is 0 Å². The lowest BCUT2D eigenvalue weighted by atomic mass is 10.5. The maximum Gasteiger partial charge on any atom is 0.138 e. The molecule has 0 radical (unpaired) electrons. The second kappa shape index (κ2) is 3.16. The van der Waals surface area contributed by atoms with Crippen molar-refractivity contribution in [3.63, 3.8) is 0 Å². The van der Waals surface area contributed by atoms with E-state index < -0.39 is 5.97 Å². The number of carbonyl (C=O) groups excluding carboxylic acids is 1. The van der Waals surface area contributed by atoms with E-state index in [4.69, 9.17) is 4.74 Å². The third-order valence-electron chi connectivity index (χ3n) is 1.11. The number of carbonyl (C=O) groups is 1. The van der Waals surface area contributed by atoms with Gasteiger partial charge in [0.1, 0.15) is 12.4 Å². The third kappa shape index (κ3) is 1.78. The van der Waals surface area contributed by atoms with Gasteiger partial charge in [-0.1, -0.05) is 0 Å². The molecule has 0 saturated carbocycles. The number of hydrogen-bond acceptors (Lipinski definition) is 4. The Morgan fingerprint density at radius 2 is 2.64 bits per heavy atom. The largest absolute Gasteiger partial charge is 0.543 e. The number of nitrogens with zero attached hydrogens (tertiary/aromatic N) is 2. The number of carboxylic acid groups (broad SMARTS) is 1. The van der Waals surface area contributed by atoms with Gasteiger partial charge in [0, 0.05) is 13.3 Å². The quantitative estimate of drug-likeness (QED) is 0.552. The topological polar surface area (TPSA) is 67.2 Å². The van der Waals surface area contributed by atoms with Gasteiger partial charge in [-0.3, -0.25) is 0 Å². The van der Waals surface area contributed by atoms with Gasteiger partial charge in [0.05, 0.1) is 5.97 Å². The van der Waals surface area contributed by atoms with Crippen molar-refractivity contribution in [3.05, 3.63) is 18.0 Å². The van der Waals surface area contributed by atoms with Crippen LogP contribution in [0.2, 0.25) is 0 Å². The number of methoxy groups -OCH3 is 1. The van der Waals surface area contributed by atoms with Crippen molar-refractivity contribution in [1.29, 1.82) is 0 Å². The summed E-state index contributed by atoms with van der Waals surface area (Å²) in [6.07, 6.45) is 1.51. The SMILES string of the molecule is COCn1ccc(C(=O)[O-])n1. The van der Waals surface area contributed by atoms with E-state index in [0.717, 1.165) is 0 Å². The minimum atomic E-state index is -1.28. The van der Waals surface area contributed by atoms with Gasteiger partial charge in [0.2, 0.25) is 0 Å². The molecule has 0 spiro atoms. The maximum atomic E-state index is 10.2. The van der Waals surface area contributed by atoms with Crippen molar-refractivity contribution in [1.82, 2.24) is 9.78 Å². The molecule has 0 fully saturated rings. The summed E-state index contributed by atoms with van der Waals surface area (Å²) < 4.78 is 6.07. The van der Waals surface area contributed by atoms with Crippen LogP contribution in [0, 0.1) is 0 Å². The molecule has 11 heavy (non-hydrogen) atoms. The van der Waals surface area contributed by atoms with Crippen molar-refractivity contribution < 1.29 is 14.6 Å². The Bertz CT molecular complexity index is 256. The van der Waals surface area contributed by atoms with Gasteiger partial charge < -0.3 is 14.6 Å². The Kier molecular flexibility index (Phi) is 2.22. The molecule has 0 aliphatic heterocycles. The molecule has 0 saturated heterocycles. The minimum absolute atomic E-state index is 0.0814. The lowest BCUT2D eigenvalue weighted by molar-refractivity contribution is -0.255. The third-order valence-corrected chi connectivity index (χ3v) is 1.11. The van der Waals surface area contributed by atoms with E-state index in [1.54, 1.807) is 0 Å². The average molecular weight is 155 g/mol. The van der Waals surface area contributed by atoms with Gasteiger partial charge >= 0.3 is 0 Å². The zero-order valence-corrected chi connectivity index (χ0v) is 5.98. The van der Waals surface area contributed by atoms with Crippen LogP contribution in [0.1, 0.15) is 10.5 Å². The van der Waals surface area contributed by atoms with Crippen LogP contribution in [0.5, 0.6) is 0 Å². The van der Waals surface area contributed by atoms with Crippen molar-refractivity contribution in [3.8, 4) is 0 Å².